The minimum Gasteiger partial charge on any atom is -0.494 e. The number of benzene rings is 1. The monoisotopic (exact) mass is 434 g/mol. The number of pyridine rings is 1. The summed E-state index contributed by atoms with van der Waals surface area (Å²) in [5.41, 5.74) is 2.02. The number of hydrogen-bond acceptors (Lipinski definition) is 7. The molecule has 3 aromatic rings. The van der Waals surface area contributed by atoms with Gasteiger partial charge in [-0.2, -0.15) is 4.98 Å². The van der Waals surface area contributed by atoms with Gasteiger partial charge in [-0.1, -0.05) is 30.4 Å². The van der Waals surface area contributed by atoms with Gasteiger partial charge in [-0.05, 0) is 48.7 Å². The van der Waals surface area contributed by atoms with Crippen LogP contribution in [0.2, 0.25) is 0 Å². The molecule has 2 aliphatic heterocycles. The first-order valence-corrected chi connectivity index (χ1v) is 11.6. The molecule has 160 valence electrons. The first-order valence-electron chi connectivity index (χ1n) is 10.8. The van der Waals surface area contributed by atoms with Gasteiger partial charge in [0.2, 0.25) is 0 Å². The molecule has 1 unspecified atom stereocenters. The van der Waals surface area contributed by atoms with Crippen LogP contribution in [0.3, 0.4) is 0 Å². The molecule has 1 saturated heterocycles. The highest BCUT2D eigenvalue weighted by Crippen LogP contribution is 2.30. The summed E-state index contributed by atoms with van der Waals surface area (Å²) in [6.07, 6.45) is 8.08. The predicted octanol–water partition coefficient (Wildman–Crippen LogP) is 5.07. The Balaban J connectivity index is 1.12. The molecule has 1 fully saturated rings. The van der Waals surface area contributed by atoms with Crippen LogP contribution in [-0.4, -0.2) is 46.8 Å². The molecule has 5 rings (SSSR count). The molecular formula is C24H26N4O2S. The maximum Gasteiger partial charge on any atom is 0.281 e. The van der Waals surface area contributed by atoms with Crippen molar-refractivity contribution in [1.29, 1.82) is 0 Å². The van der Waals surface area contributed by atoms with E-state index in [4.69, 9.17) is 9.47 Å². The average Bonchev–Trinajstić information content (AvgIpc) is 3.20. The van der Waals surface area contributed by atoms with Gasteiger partial charge in [0.25, 0.3) is 5.19 Å². The molecule has 4 heterocycles. The molecule has 0 spiro atoms. The van der Waals surface area contributed by atoms with Gasteiger partial charge < -0.3 is 9.47 Å². The van der Waals surface area contributed by atoms with Crippen LogP contribution in [-0.2, 0) is 11.3 Å². The summed E-state index contributed by atoms with van der Waals surface area (Å²) in [5.74, 6) is 2.28. The third-order valence-corrected chi connectivity index (χ3v) is 6.61. The molecule has 2 aromatic heterocycles. The van der Waals surface area contributed by atoms with Gasteiger partial charge in [0, 0.05) is 44.5 Å². The smallest absolute Gasteiger partial charge is 0.281 e. The van der Waals surface area contributed by atoms with E-state index in [2.05, 4.69) is 38.9 Å². The number of aromatic nitrogens is 2. The number of thiazole rings is 1. The summed E-state index contributed by atoms with van der Waals surface area (Å²) in [7, 11) is 0. The molecule has 31 heavy (non-hydrogen) atoms. The summed E-state index contributed by atoms with van der Waals surface area (Å²) >= 11 is 1.51. The average molecular weight is 435 g/mol. The van der Waals surface area contributed by atoms with E-state index in [1.54, 1.807) is 6.20 Å². The quantitative estimate of drug-likeness (QED) is 0.542. The largest absolute Gasteiger partial charge is 0.494 e. The molecule has 0 radical (unpaired) electrons. The van der Waals surface area contributed by atoms with Crippen LogP contribution < -0.4 is 4.74 Å². The van der Waals surface area contributed by atoms with Crippen molar-refractivity contribution >= 4 is 27.9 Å². The number of likely N-dealkylation sites (tertiary alicyclic amines) is 1. The van der Waals surface area contributed by atoms with Crippen molar-refractivity contribution in [3.63, 3.8) is 0 Å². The highest BCUT2D eigenvalue weighted by atomic mass is 32.1. The first-order chi connectivity index (χ1) is 15.2. The maximum absolute atomic E-state index is 6.25. The van der Waals surface area contributed by atoms with Crippen molar-refractivity contribution in [1.82, 2.24) is 14.9 Å². The fourth-order valence-corrected chi connectivity index (χ4v) is 4.74. The van der Waals surface area contributed by atoms with Crippen LogP contribution in [0.25, 0.3) is 10.3 Å². The number of aliphatic imine (C=N–C) groups is 1. The van der Waals surface area contributed by atoms with E-state index in [1.165, 1.54) is 16.9 Å². The lowest BCUT2D eigenvalue weighted by Crippen LogP contribution is -2.37. The number of allylic oxidation sites excluding steroid dienone is 1. The second kappa shape index (κ2) is 9.16. The van der Waals surface area contributed by atoms with E-state index in [-0.39, 0.29) is 0 Å². The predicted molar refractivity (Wildman–Crippen MR) is 124 cm³/mol. The number of ether oxygens (including phenoxy) is 2. The number of hydrogen-bond donors (Lipinski definition) is 0. The van der Waals surface area contributed by atoms with Crippen LogP contribution >= 0.6 is 11.3 Å². The molecule has 0 amide bonds. The van der Waals surface area contributed by atoms with Crippen LogP contribution in [0.1, 0.15) is 25.3 Å². The summed E-state index contributed by atoms with van der Waals surface area (Å²) in [5, 5.41) is 0.622. The molecule has 2 aliphatic rings. The number of nitrogens with zero attached hydrogens (tertiary/aromatic N) is 4. The van der Waals surface area contributed by atoms with Crippen molar-refractivity contribution in [2.45, 2.75) is 32.4 Å². The Morgan fingerprint density at radius 1 is 1.13 bits per heavy atom. The number of rotatable bonds is 6. The molecule has 7 heteroatoms. The van der Waals surface area contributed by atoms with E-state index in [0.29, 0.717) is 17.2 Å². The fourth-order valence-electron chi connectivity index (χ4n) is 3.95. The molecule has 0 N–H and O–H groups in total. The van der Waals surface area contributed by atoms with Gasteiger partial charge in [0.05, 0.1) is 4.70 Å². The fraction of sp³-hybridized carbons (Fsp3) is 0.375. The van der Waals surface area contributed by atoms with Crippen molar-refractivity contribution in [2.24, 2.45) is 10.9 Å². The van der Waals surface area contributed by atoms with Crippen LogP contribution in [0.15, 0.2) is 59.4 Å². The minimum atomic E-state index is 0.315. The Labute approximate surface area is 186 Å². The molecular weight excluding hydrogens is 408 g/mol. The van der Waals surface area contributed by atoms with Gasteiger partial charge >= 0.3 is 0 Å². The molecule has 0 aliphatic carbocycles. The summed E-state index contributed by atoms with van der Waals surface area (Å²) in [6.45, 7) is 6.07. The Kier molecular flexibility index (Phi) is 5.95. The number of fused-ring (bicyclic) bond motifs is 1. The van der Waals surface area contributed by atoms with Gasteiger partial charge in [0.15, 0.2) is 5.65 Å². The van der Waals surface area contributed by atoms with Crippen molar-refractivity contribution in [2.75, 3.05) is 19.6 Å². The van der Waals surface area contributed by atoms with Gasteiger partial charge in [-0.15, -0.1) is 0 Å². The normalized spacial score (nSPS) is 20.0. The number of dihydropyridines is 1. The molecule has 0 bridgehead atoms. The van der Waals surface area contributed by atoms with Gasteiger partial charge in [0.1, 0.15) is 17.6 Å². The second-order valence-corrected chi connectivity index (χ2v) is 9.12. The molecule has 1 aromatic carbocycles. The summed E-state index contributed by atoms with van der Waals surface area (Å²) in [4.78, 5) is 15.5. The lowest BCUT2D eigenvalue weighted by Gasteiger charge is -2.33. The maximum atomic E-state index is 6.25. The standard InChI is InChI=1S/C24H26N4O2S/c1-17-15-25-12-8-21(17)29-20-9-13-28(14-10-20)16-18-4-6-19(7-5-18)30-24-27-23-22(31-24)3-2-11-26-23/h2-8,11-12,17,20H,9-10,13-16H2,1H3. The van der Waals surface area contributed by atoms with E-state index < -0.39 is 0 Å². The van der Waals surface area contributed by atoms with Crippen molar-refractivity contribution in [3.05, 3.63) is 60.0 Å². The highest BCUT2D eigenvalue weighted by Gasteiger charge is 2.23. The third kappa shape index (κ3) is 4.94. The minimum absolute atomic E-state index is 0.315. The third-order valence-electron chi connectivity index (χ3n) is 5.73. The van der Waals surface area contributed by atoms with E-state index in [1.807, 2.05) is 36.6 Å². The van der Waals surface area contributed by atoms with Crippen LogP contribution in [0.5, 0.6) is 10.9 Å². The summed E-state index contributed by atoms with van der Waals surface area (Å²) in [6, 6.07) is 12.2. The van der Waals surface area contributed by atoms with Gasteiger partial charge in [-0.25, -0.2) is 4.98 Å². The first kappa shape index (κ1) is 20.2. The Morgan fingerprint density at radius 3 is 2.74 bits per heavy atom. The van der Waals surface area contributed by atoms with E-state index in [0.717, 1.165) is 60.9 Å². The summed E-state index contributed by atoms with van der Waals surface area (Å²) < 4.78 is 13.2. The Hall–Kier alpha value is -2.77. The Morgan fingerprint density at radius 2 is 1.97 bits per heavy atom. The zero-order chi connectivity index (χ0) is 21.0. The highest BCUT2D eigenvalue weighted by molar-refractivity contribution is 7.20. The van der Waals surface area contributed by atoms with Crippen LogP contribution in [0.4, 0.5) is 0 Å². The molecule has 0 saturated carbocycles. The van der Waals surface area contributed by atoms with Crippen LogP contribution in [0, 0.1) is 5.92 Å². The number of piperidine rings is 1. The zero-order valence-corrected chi connectivity index (χ0v) is 18.4. The lowest BCUT2D eigenvalue weighted by atomic mass is 10.0. The topological polar surface area (TPSA) is 59.8 Å². The van der Waals surface area contributed by atoms with Gasteiger partial charge in [-0.3, -0.25) is 9.89 Å². The van der Waals surface area contributed by atoms with Crippen molar-refractivity contribution < 1.29 is 9.47 Å². The Bertz CT molecular complexity index is 1050. The molecule has 6 nitrogen and oxygen atoms in total. The second-order valence-electron chi connectivity index (χ2n) is 8.13. The van der Waals surface area contributed by atoms with Crippen molar-refractivity contribution in [3.8, 4) is 10.9 Å². The van der Waals surface area contributed by atoms with E-state index >= 15 is 0 Å². The lowest BCUT2D eigenvalue weighted by molar-refractivity contribution is 0.0365. The van der Waals surface area contributed by atoms with E-state index in [9.17, 15) is 0 Å². The zero-order valence-electron chi connectivity index (χ0n) is 17.6. The SMILES string of the molecule is CC1CN=CC=C1OC1CCN(Cc2ccc(Oc3nc4ncccc4s3)cc2)CC1. The molecule has 1 atom stereocenters.